The van der Waals surface area contributed by atoms with E-state index in [-0.39, 0.29) is 23.9 Å². The number of amides is 2. The SMILES string of the molecule is CCC[C@@H](CC(N)=O)NC(=O)c1ncc(Br)cc1Oc1ccc(F)cc1. The third-order valence-corrected chi connectivity index (χ3v) is 3.93. The van der Waals surface area contributed by atoms with Gasteiger partial charge in [0.25, 0.3) is 5.91 Å². The fourth-order valence-electron chi connectivity index (χ4n) is 2.37. The van der Waals surface area contributed by atoms with Crippen molar-refractivity contribution in [1.29, 1.82) is 0 Å². The number of primary amides is 1. The van der Waals surface area contributed by atoms with Gasteiger partial charge in [0, 0.05) is 23.1 Å². The molecule has 2 rings (SSSR count). The van der Waals surface area contributed by atoms with Crippen molar-refractivity contribution in [2.24, 2.45) is 5.73 Å². The Balaban J connectivity index is 2.23. The number of benzene rings is 1. The monoisotopic (exact) mass is 423 g/mol. The first-order valence-electron chi connectivity index (χ1n) is 8.07. The minimum absolute atomic E-state index is 0.0459. The van der Waals surface area contributed by atoms with Crippen LogP contribution in [-0.4, -0.2) is 22.8 Å². The zero-order chi connectivity index (χ0) is 19.1. The van der Waals surface area contributed by atoms with Crippen molar-refractivity contribution in [1.82, 2.24) is 10.3 Å². The number of ether oxygens (including phenoxy) is 1. The molecule has 1 atom stereocenters. The Kier molecular flexibility index (Phi) is 7.08. The minimum atomic E-state index is -0.490. The van der Waals surface area contributed by atoms with E-state index < -0.39 is 17.6 Å². The van der Waals surface area contributed by atoms with Crippen LogP contribution >= 0.6 is 15.9 Å². The van der Waals surface area contributed by atoms with E-state index in [1.807, 2.05) is 6.92 Å². The molecule has 2 amide bonds. The smallest absolute Gasteiger partial charge is 0.273 e. The van der Waals surface area contributed by atoms with Crippen molar-refractivity contribution in [2.45, 2.75) is 32.2 Å². The third-order valence-electron chi connectivity index (χ3n) is 3.50. The Morgan fingerprint density at radius 1 is 1.35 bits per heavy atom. The molecule has 2 aromatic rings. The van der Waals surface area contributed by atoms with Gasteiger partial charge in [0.1, 0.15) is 11.6 Å². The molecule has 0 aliphatic carbocycles. The quantitative estimate of drug-likeness (QED) is 0.678. The fraction of sp³-hybridized carbons (Fsp3) is 0.278. The zero-order valence-electron chi connectivity index (χ0n) is 14.2. The molecule has 1 aromatic carbocycles. The largest absolute Gasteiger partial charge is 0.455 e. The summed E-state index contributed by atoms with van der Waals surface area (Å²) in [5, 5.41) is 2.76. The summed E-state index contributed by atoms with van der Waals surface area (Å²) < 4.78 is 19.3. The number of hydrogen-bond donors (Lipinski definition) is 2. The number of nitrogens with one attached hydrogen (secondary N) is 1. The standard InChI is InChI=1S/C18H19BrFN3O3/c1-2-3-13(9-16(21)24)23-18(25)17-15(8-11(19)10-22-17)26-14-6-4-12(20)5-7-14/h4-8,10,13H,2-3,9H2,1H3,(H2,21,24)(H,23,25)/t13-/m0/s1. The van der Waals surface area contributed by atoms with Gasteiger partial charge in [0.15, 0.2) is 11.4 Å². The normalized spacial score (nSPS) is 11.7. The van der Waals surface area contributed by atoms with Gasteiger partial charge >= 0.3 is 0 Å². The molecule has 0 spiro atoms. The topological polar surface area (TPSA) is 94.3 Å². The predicted octanol–water partition coefficient (Wildman–Crippen LogP) is 3.55. The number of carbonyl (C=O) groups is 2. The average Bonchev–Trinajstić information content (AvgIpc) is 2.56. The van der Waals surface area contributed by atoms with Crippen LogP contribution in [0.3, 0.4) is 0 Å². The number of rotatable bonds is 8. The van der Waals surface area contributed by atoms with Crippen LogP contribution in [0.4, 0.5) is 4.39 Å². The molecular weight excluding hydrogens is 405 g/mol. The van der Waals surface area contributed by atoms with Crippen LogP contribution < -0.4 is 15.8 Å². The molecule has 0 saturated heterocycles. The second-order valence-electron chi connectivity index (χ2n) is 5.69. The highest BCUT2D eigenvalue weighted by Crippen LogP contribution is 2.27. The summed E-state index contributed by atoms with van der Waals surface area (Å²) in [6.45, 7) is 1.95. The third kappa shape index (κ3) is 5.80. The summed E-state index contributed by atoms with van der Waals surface area (Å²) in [7, 11) is 0. The molecule has 0 bridgehead atoms. The number of aromatic nitrogens is 1. The maximum atomic E-state index is 13.0. The van der Waals surface area contributed by atoms with Crippen molar-refractivity contribution in [3.05, 3.63) is 52.5 Å². The summed E-state index contributed by atoms with van der Waals surface area (Å²) in [6, 6.07) is 6.62. The van der Waals surface area contributed by atoms with E-state index in [9.17, 15) is 14.0 Å². The van der Waals surface area contributed by atoms with Crippen molar-refractivity contribution in [3.8, 4) is 11.5 Å². The molecule has 0 saturated carbocycles. The molecule has 1 aromatic heterocycles. The van der Waals surface area contributed by atoms with Crippen LogP contribution in [0.5, 0.6) is 11.5 Å². The van der Waals surface area contributed by atoms with Gasteiger partial charge in [0.2, 0.25) is 5.91 Å². The van der Waals surface area contributed by atoms with E-state index in [0.29, 0.717) is 16.6 Å². The van der Waals surface area contributed by atoms with Gasteiger partial charge < -0.3 is 15.8 Å². The van der Waals surface area contributed by atoms with E-state index >= 15 is 0 Å². The minimum Gasteiger partial charge on any atom is -0.455 e. The number of carbonyl (C=O) groups excluding carboxylic acids is 2. The lowest BCUT2D eigenvalue weighted by Crippen LogP contribution is -2.38. The molecule has 8 heteroatoms. The Morgan fingerprint density at radius 2 is 2.04 bits per heavy atom. The lowest BCUT2D eigenvalue weighted by molar-refractivity contribution is -0.118. The Bertz CT molecular complexity index is 784. The lowest BCUT2D eigenvalue weighted by atomic mass is 10.1. The van der Waals surface area contributed by atoms with Crippen molar-refractivity contribution in [3.63, 3.8) is 0 Å². The Morgan fingerprint density at radius 3 is 2.65 bits per heavy atom. The zero-order valence-corrected chi connectivity index (χ0v) is 15.8. The van der Waals surface area contributed by atoms with Gasteiger partial charge in [-0.1, -0.05) is 13.3 Å². The van der Waals surface area contributed by atoms with Crippen LogP contribution in [0.25, 0.3) is 0 Å². The highest BCUT2D eigenvalue weighted by molar-refractivity contribution is 9.10. The highest BCUT2D eigenvalue weighted by atomic mass is 79.9. The average molecular weight is 424 g/mol. The summed E-state index contributed by atoms with van der Waals surface area (Å²) in [5.41, 5.74) is 5.29. The molecule has 0 aliphatic heterocycles. The second-order valence-corrected chi connectivity index (χ2v) is 6.60. The molecule has 138 valence electrons. The predicted molar refractivity (Wildman–Crippen MR) is 98.4 cm³/mol. The molecule has 1 heterocycles. The first kappa shape index (κ1) is 19.8. The number of pyridine rings is 1. The van der Waals surface area contributed by atoms with Crippen LogP contribution in [0.2, 0.25) is 0 Å². The van der Waals surface area contributed by atoms with Gasteiger partial charge in [-0.05, 0) is 52.7 Å². The maximum absolute atomic E-state index is 13.0. The van der Waals surface area contributed by atoms with Gasteiger partial charge in [-0.2, -0.15) is 0 Å². The molecule has 0 unspecified atom stereocenters. The van der Waals surface area contributed by atoms with Gasteiger partial charge in [-0.3, -0.25) is 9.59 Å². The van der Waals surface area contributed by atoms with Crippen molar-refractivity contribution < 1.29 is 18.7 Å². The highest BCUT2D eigenvalue weighted by Gasteiger charge is 2.20. The Labute approximate surface area is 159 Å². The van der Waals surface area contributed by atoms with E-state index in [2.05, 4.69) is 26.2 Å². The maximum Gasteiger partial charge on any atom is 0.273 e. The first-order chi connectivity index (χ1) is 12.4. The van der Waals surface area contributed by atoms with Gasteiger partial charge in [0.05, 0.1) is 0 Å². The molecule has 0 fully saturated rings. The van der Waals surface area contributed by atoms with Crippen molar-refractivity contribution >= 4 is 27.7 Å². The summed E-state index contributed by atoms with van der Waals surface area (Å²) in [4.78, 5) is 27.9. The molecule has 3 N–H and O–H groups in total. The van der Waals surface area contributed by atoms with Crippen LogP contribution in [0.1, 0.15) is 36.7 Å². The molecule has 26 heavy (non-hydrogen) atoms. The molecule has 0 radical (unpaired) electrons. The lowest BCUT2D eigenvalue weighted by Gasteiger charge is -2.17. The number of nitrogens with zero attached hydrogens (tertiary/aromatic N) is 1. The van der Waals surface area contributed by atoms with E-state index in [4.69, 9.17) is 10.5 Å². The molecule has 0 aliphatic rings. The first-order valence-corrected chi connectivity index (χ1v) is 8.86. The van der Waals surface area contributed by atoms with Gasteiger partial charge in [-0.15, -0.1) is 0 Å². The number of nitrogens with two attached hydrogens (primary N) is 1. The van der Waals surface area contributed by atoms with Gasteiger partial charge in [-0.25, -0.2) is 9.37 Å². The second kappa shape index (κ2) is 9.28. The van der Waals surface area contributed by atoms with Crippen molar-refractivity contribution in [2.75, 3.05) is 0 Å². The van der Waals surface area contributed by atoms with E-state index in [1.165, 1.54) is 30.5 Å². The molecular formula is C18H19BrFN3O3. The van der Waals surface area contributed by atoms with Crippen LogP contribution in [-0.2, 0) is 4.79 Å². The summed E-state index contributed by atoms with van der Waals surface area (Å²) in [5.74, 6) is -0.790. The Hall–Kier alpha value is -2.48. The molecule has 6 nitrogen and oxygen atoms in total. The number of hydrogen-bond acceptors (Lipinski definition) is 4. The summed E-state index contributed by atoms with van der Waals surface area (Å²) in [6.07, 6.45) is 2.91. The van der Waals surface area contributed by atoms with E-state index in [1.54, 1.807) is 6.07 Å². The van der Waals surface area contributed by atoms with Crippen LogP contribution in [0, 0.1) is 5.82 Å². The van der Waals surface area contributed by atoms with E-state index in [0.717, 1.165) is 6.42 Å². The summed E-state index contributed by atoms with van der Waals surface area (Å²) >= 11 is 3.28. The van der Waals surface area contributed by atoms with Crippen LogP contribution in [0.15, 0.2) is 41.0 Å². The number of halogens is 2. The fourth-order valence-corrected chi connectivity index (χ4v) is 2.68.